The van der Waals surface area contributed by atoms with Gasteiger partial charge in [-0.05, 0) is 31.0 Å². The first kappa shape index (κ1) is 13.6. The molecule has 0 fully saturated rings. The normalized spacial score (nSPS) is 7.82. The van der Waals surface area contributed by atoms with E-state index >= 15 is 0 Å². The van der Waals surface area contributed by atoms with Crippen LogP contribution in [-0.2, 0) is 0 Å². The summed E-state index contributed by atoms with van der Waals surface area (Å²) in [5.41, 5.74) is 8.96. The average molecular weight is 161 g/mol. The van der Waals surface area contributed by atoms with Gasteiger partial charge in [-0.25, -0.2) is 0 Å². The van der Waals surface area contributed by atoms with Gasteiger partial charge in [0.05, 0.1) is 0 Å². The van der Waals surface area contributed by atoms with Crippen LogP contribution in [0.4, 0.5) is 5.69 Å². The van der Waals surface area contributed by atoms with Gasteiger partial charge in [0, 0.05) is 5.69 Å². The monoisotopic (exact) mass is 161 g/mol. The summed E-state index contributed by atoms with van der Waals surface area (Å²) in [4.78, 5) is 0. The van der Waals surface area contributed by atoms with Crippen LogP contribution in [-0.4, -0.2) is 5.48 Å². The zero-order valence-electron chi connectivity index (χ0n) is 7.26. The summed E-state index contributed by atoms with van der Waals surface area (Å²) in [6.45, 7) is 4.09. The summed E-state index contributed by atoms with van der Waals surface area (Å²) in [6.07, 6.45) is 0. The Morgan fingerprint density at radius 3 is 2.09 bits per heavy atom. The van der Waals surface area contributed by atoms with Crippen LogP contribution in [0.15, 0.2) is 18.2 Å². The fourth-order valence-electron chi connectivity index (χ4n) is 0.774. The molecule has 56 valence electrons. The first-order valence-corrected chi connectivity index (χ1v) is 3.03. The van der Waals surface area contributed by atoms with E-state index in [2.05, 4.69) is 13.0 Å². The maximum absolute atomic E-state index is 5.62. The third-order valence-corrected chi connectivity index (χ3v) is 1.65. The average Bonchev–Trinajstić information content (AvgIpc) is 1.83. The number of nitrogen functional groups attached to an aromatic ring is 1. The molecule has 2 nitrogen and oxygen atoms in total. The summed E-state index contributed by atoms with van der Waals surface area (Å²) in [7, 11) is 0. The van der Waals surface area contributed by atoms with Crippen molar-refractivity contribution in [2.24, 2.45) is 0 Å². The zero-order valence-corrected chi connectivity index (χ0v) is 9.26. The fourth-order valence-corrected chi connectivity index (χ4v) is 0.774. The molecule has 3 N–H and O–H groups in total. The Bertz CT molecular complexity index is 205. The van der Waals surface area contributed by atoms with E-state index in [1.54, 1.807) is 0 Å². The molecule has 0 saturated carbocycles. The van der Waals surface area contributed by atoms with E-state index in [-0.39, 0.29) is 35.0 Å². The Balaban J connectivity index is 0. The third-order valence-electron chi connectivity index (χ3n) is 1.65. The van der Waals surface area contributed by atoms with Gasteiger partial charge in [-0.1, -0.05) is 12.1 Å². The van der Waals surface area contributed by atoms with Gasteiger partial charge in [0.15, 0.2) is 0 Å². The van der Waals surface area contributed by atoms with Gasteiger partial charge in [-0.3, -0.25) is 0 Å². The second kappa shape index (κ2) is 5.61. The predicted molar refractivity (Wildman–Crippen MR) is 42.3 cm³/mol. The molecule has 1 aromatic carbocycles. The molecule has 0 aliphatic carbocycles. The Hall–Kier alpha value is -0.0200. The first-order valence-electron chi connectivity index (χ1n) is 3.03. The first-order chi connectivity index (χ1) is 4.22. The summed E-state index contributed by atoms with van der Waals surface area (Å²) in [6, 6.07) is 5.95. The van der Waals surface area contributed by atoms with Crippen molar-refractivity contribution in [2.45, 2.75) is 13.8 Å². The smallest absolute Gasteiger partial charge is 0.870 e. The van der Waals surface area contributed by atoms with E-state index in [9.17, 15) is 0 Å². The number of hydrogen-bond acceptors (Lipinski definition) is 2. The van der Waals surface area contributed by atoms with Crippen molar-refractivity contribution in [2.75, 3.05) is 5.73 Å². The summed E-state index contributed by atoms with van der Waals surface area (Å²) in [5.74, 6) is 0. The molecule has 1 rings (SSSR count). The van der Waals surface area contributed by atoms with E-state index in [1.807, 2.05) is 19.1 Å². The van der Waals surface area contributed by atoms with E-state index in [4.69, 9.17) is 5.73 Å². The van der Waals surface area contributed by atoms with Crippen LogP contribution in [0.1, 0.15) is 11.1 Å². The third kappa shape index (κ3) is 3.25. The standard InChI is InChI=1S/C8H11N.Na.H2O/c1-6-4-3-5-8(9)7(6)2;;/h3-5H,9H2,1-2H3;;1H2/q;+1;/p-1. The fraction of sp³-hybridized carbons (Fsp3) is 0.250. The number of hydrogen-bond donors (Lipinski definition) is 1. The minimum absolute atomic E-state index is 0. The van der Waals surface area contributed by atoms with Crippen molar-refractivity contribution < 1.29 is 35.0 Å². The van der Waals surface area contributed by atoms with Crippen LogP contribution < -0.4 is 35.3 Å². The topological polar surface area (TPSA) is 56.0 Å². The SMILES string of the molecule is Cc1cccc(N)c1C.[Na+].[OH-]. The second-order valence-electron chi connectivity index (χ2n) is 2.29. The maximum Gasteiger partial charge on any atom is 1.00 e. The Morgan fingerprint density at radius 2 is 1.73 bits per heavy atom. The van der Waals surface area contributed by atoms with Crippen molar-refractivity contribution >= 4 is 5.69 Å². The largest absolute Gasteiger partial charge is 1.00 e. The summed E-state index contributed by atoms with van der Waals surface area (Å²) >= 11 is 0. The van der Waals surface area contributed by atoms with Crippen molar-refractivity contribution in [3.05, 3.63) is 29.3 Å². The van der Waals surface area contributed by atoms with Gasteiger partial charge in [0.2, 0.25) is 0 Å². The van der Waals surface area contributed by atoms with Crippen molar-refractivity contribution in [3.63, 3.8) is 0 Å². The van der Waals surface area contributed by atoms with Crippen LogP contribution in [0, 0.1) is 13.8 Å². The van der Waals surface area contributed by atoms with Crippen LogP contribution in [0.2, 0.25) is 0 Å². The molecule has 0 bridgehead atoms. The molecule has 0 atom stereocenters. The molecular weight excluding hydrogens is 149 g/mol. The molecule has 0 saturated heterocycles. The minimum atomic E-state index is 0. The zero-order chi connectivity index (χ0) is 6.85. The summed E-state index contributed by atoms with van der Waals surface area (Å²) in [5, 5.41) is 0. The van der Waals surface area contributed by atoms with Crippen molar-refractivity contribution in [1.82, 2.24) is 0 Å². The van der Waals surface area contributed by atoms with Crippen LogP contribution in [0.25, 0.3) is 0 Å². The molecule has 1 aromatic rings. The number of anilines is 1. The number of aryl methyl sites for hydroxylation is 1. The van der Waals surface area contributed by atoms with Gasteiger partial charge in [-0.15, -0.1) is 0 Å². The van der Waals surface area contributed by atoms with E-state index in [0.29, 0.717) is 0 Å². The summed E-state index contributed by atoms with van der Waals surface area (Å²) < 4.78 is 0. The van der Waals surface area contributed by atoms with E-state index in [1.165, 1.54) is 11.1 Å². The van der Waals surface area contributed by atoms with Gasteiger partial charge in [-0.2, -0.15) is 0 Å². The molecule has 0 aliphatic heterocycles. The van der Waals surface area contributed by atoms with Gasteiger partial charge < -0.3 is 11.2 Å². The predicted octanol–water partition coefficient (Wildman–Crippen LogP) is -1.29. The molecule has 0 heterocycles. The molecule has 0 aromatic heterocycles. The van der Waals surface area contributed by atoms with Crippen molar-refractivity contribution in [1.29, 1.82) is 0 Å². The van der Waals surface area contributed by atoms with Crippen LogP contribution >= 0.6 is 0 Å². The molecule has 0 amide bonds. The number of rotatable bonds is 0. The Kier molecular flexibility index (Phi) is 6.91. The molecule has 3 heteroatoms. The molecule has 0 aliphatic rings. The Labute approximate surface area is 89.4 Å². The quantitative estimate of drug-likeness (QED) is 0.380. The Morgan fingerprint density at radius 1 is 1.18 bits per heavy atom. The molecule has 0 radical (unpaired) electrons. The molecule has 11 heavy (non-hydrogen) atoms. The van der Waals surface area contributed by atoms with Gasteiger partial charge in [0.25, 0.3) is 0 Å². The molecule has 0 unspecified atom stereocenters. The minimum Gasteiger partial charge on any atom is -0.870 e. The maximum atomic E-state index is 5.62. The number of benzene rings is 1. The van der Waals surface area contributed by atoms with E-state index < -0.39 is 0 Å². The second-order valence-corrected chi connectivity index (χ2v) is 2.29. The van der Waals surface area contributed by atoms with E-state index in [0.717, 1.165) is 5.69 Å². The van der Waals surface area contributed by atoms with Gasteiger partial charge >= 0.3 is 29.6 Å². The van der Waals surface area contributed by atoms with Crippen LogP contribution in [0.3, 0.4) is 0 Å². The molecule has 0 spiro atoms. The number of nitrogens with two attached hydrogens (primary N) is 1. The van der Waals surface area contributed by atoms with Gasteiger partial charge in [0.1, 0.15) is 0 Å². The van der Waals surface area contributed by atoms with Crippen LogP contribution in [0.5, 0.6) is 0 Å². The molecular formula is C8H12NNaO. The van der Waals surface area contributed by atoms with Crippen molar-refractivity contribution in [3.8, 4) is 0 Å².